The van der Waals surface area contributed by atoms with Crippen molar-refractivity contribution in [3.05, 3.63) is 29.8 Å². The number of thiocarbonyl (C=S) groups is 1. The van der Waals surface area contributed by atoms with Gasteiger partial charge in [-0.3, -0.25) is 15.6 Å². The number of carbonyl (C=O) groups is 1. The topological polar surface area (TPSA) is 93.6 Å². The van der Waals surface area contributed by atoms with E-state index in [1.807, 2.05) is 0 Å². The van der Waals surface area contributed by atoms with Crippen LogP contribution >= 0.6 is 12.2 Å². The quantitative estimate of drug-likeness (QED) is 0.240. The molecule has 0 saturated heterocycles. The Morgan fingerprint density at radius 3 is 2.29 bits per heavy atom. The summed E-state index contributed by atoms with van der Waals surface area (Å²) in [5, 5.41) is 20.7. The van der Waals surface area contributed by atoms with Gasteiger partial charge in [0, 0.05) is 12.6 Å². The third-order valence-electron chi connectivity index (χ3n) is 1.99. The molecule has 90 valence electrons. The van der Waals surface area contributed by atoms with E-state index in [0.717, 1.165) is 0 Å². The van der Waals surface area contributed by atoms with E-state index in [9.17, 15) is 4.79 Å². The number of rotatable bonds is 2. The van der Waals surface area contributed by atoms with Crippen molar-refractivity contribution >= 4 is 35.8 Å². The Labute approximate surface area is 104 Å². The molecule has 1 rings (SSSR count). The van der Waals surface area contributed by atoms with Crippen molar-refractivity contribution in [2.75, 3.05) is 7.05 Å². The molecule has 1 aromatic rings. The molecule has 0 saturated carbocycles. The Morgan fingerprint density at radius 1 is 1.24 bits per heavy atom. The molecule has 8 heteroatoms. The molecule has 0 aliphatic rings. The van der Waals surface area contributed by atoms with E-state index in [2.05, 4.69) is 16.2 Å². The van der Waals surface area contributed by atoms with Crippen LogP contribution in [0.25, 0.3) is 0 Å². The smallest absolute Gasteiger partial charge is 0.423 e. The van der Waals surface area contributed by atoms with Crippen molar-refractivity contribution in [2.45, 2.75) is 0 Å². The molecule has 0 spiro atoms. The summed E-state index contributed by atoms with van der Waals surface area (Å²) in [6.07, 6.45) is 0. The molecule has 0 fully saturated rings. The second kappa shape index (κ2) is 6.19. The van der Waals surface area contributed by atoms with Crippen LogP contribution in [-0.4, -0.2) is 35.2 Å². The molecule has 0 aliphatic carbocycles. The van der Waals surface area contributed by atoms with E-state index in [1.54, 1.807) is 7.05 Å². The van der Waals surface area contributed by atoms with Gasteiger partial charge in [0.25, 0.3) is 5.91 Å². The summed E-state index contributed by atoms with van der Waals surface area (Å²) in [5.41, 5.74) is 5.57. The first-order valence-electron chi connectivity index (χ1n) is 4.78. The van der Waals surface area contributed by atoms with E-state index in [1.165, 1.54) is 24.3 Å². The zero-order chi connectivity index (χ0) is 12.8. The standard InChI is InChI=1S/C9H12BN3O3S/c1-11-9(17)13-12-8(14)6-2-4-7(5-3-6)10(15)16/h2-5,15-16H,1H3,(H,12,14)(H2,11,13,17). The van der Waals surface area contributed by atoms with E-state index in [-0.39, 0.29) is 5.91 Å². The van der Waals surface area contributed by atoms with Crippen LogP contribution in [0.15, 0.2) is 24.3 Å². The number of amides is 1. The van der Waals surface area contributed by atoms with E-state index in [4.69, 9.17) is 22.3 Å². The molecule has 1 aromatic carbocycles. The average molecular weight is 253 g/mol. The second-order valence-electron chi connectivity index (χ2n) is 3.15. The first-order chi connectivity index (χ1) is 8.04. The van der Waals surface area contributed by atoms with Crippen molar-refractivity contribution in [1.82, 2.24) is 16.2 Å². The first kappa shape index (κ1) is 13.4. The average Bonchev–Trinajstić information content (AvgIpc) is 2.35. The van der Waals surface area contributed by atoms with Crippen LogP contribution < -0.4 is 21.6 Å². The van der Waals surface area contributed by atoms with Crippen LogP contribution in [0.4, 0.5) is 0 Å². The minimum Gasteiger partial charge on any atom is -0.423 e. The highest BCUT2D eigenvalue weighted by Gasteiger charge is 2.11. The molecule has 17 heavy (non-hydrogen) atoms. The SMILES string of the molecule is CNC(=S)NNC(=O)c1ccc(B(O)O)cc1. The maximum absolute atomic E-state index is 11.6. The zero-order valence-corrected chi connectivity index (χ0v) is 9.91. The summed E-state index contributed by atoms with van der Waals surface area (Å²) in [6, 6.07) is 5.87. The lowest BCUT2D eigenvalue weighted by atomic mass is 9.80. The first-order valence-corrected chi connectivity index (χ1v) is 5.19. The van der Waals surface area contributed by atoms with Crippen molar-refractivity contribution in [3.8, 4) is 0 Å². The van der Waals surface area contributed by atoms with Gasteiger partial charge in [0.2, 0.25) is 0 Å². The molecule has 0 bridgehead atoms. The number of hydrogen-bond acceptors (Lipinski definition) is 4. The van der Waals surface area contributed by atoms with Crippen LogP contribution in [0, 0.1) is 0 Å². The monoisotopic (exact) mass is 253 g/mol. The Morgan fingerprint density at radius 2 is 1.82 bits per heavy atom. The molecule has 0 aliphatic heterocycles. The predicted octanol–water partition coefficient (Wildman–Crippen LogP) is -1.89. The number of hydrogen-bond donors (Lipinski definition) is 5. The van der Waals surface area contributed by atoms with Gasteiger partial charge in [-0.15, -0.1) is 0 Å². The van der Waals surface area contributed by atoms with Gasteiger partial charge in [0.05, 0.1) is 0 Å². The van der Waals surface area contributed by atoms with Gasteiger partial charge in [-0.25, -0.2) is 0 Å². The number of nitrogens with one attached hydrogen (secondary N) is 3. The normalized spacial score (nSPS) is 9.35. The molecule has 0 radical (unpaired) electrons. The maximum atomic E-state index is 11.6. The Balaban J connectivity index is 2.61. The summed E-state index contributed by atoms with van der Waals surface area (Å²) in [7, 11) is 0.0842. The van der Waals surface area contributed by atoms with Crippen molar-refractivity contribution in [3.63, 3.8) is 0 Å². The lowest BCUT2D eigenvalue weighted by Crippen LogP contribution is -2.45. The van der Waals surface area contributed by atoms with Crippen LogP contribution in [0.3, 0.4) is 0 Å². The van der Waals surface area contributed by atoms with Crippen LogP contribution in [0.5, 0.6) is 0 Å². The zero-order valence-electron chi connectivity index (χ0n) is 9.10. The van der Waals surface area contributed by atoms with Gasteiger partial charge in [0.15, 0.2) is 5.11 Å². The lowest BCUT2D eigenvalue weighted by molar-refractivity contribution is 0.0943. The lowest BCUT2D eigenvalue weighted by Gasteiger charge is -2.09. The molecule has 0 unspecified atom stereocenters. The third kappa shape index (κ3) is 4.02. The fourth-order valence-corrected chi connectivity index (χ4v) is 1.11. The Hall–Kier alpha value is -1.64. The summed E-state index contributed by atoms with van der Waals surface area (Å²) in [4.78, 5) is 11.6. The molecule has 0 heterocycles. The van der Waals surface area contributed by atoms with E-state index >= 15 is 0 Å². The highest BCUT2D eigenvalue weighted by Crippen LogP contribution is 1.96. The van der Waals surface area contributed by atoms with Gasteiger partial charge < -0.3 is 15.4 Å². The van der Waals surface area contributed by atoms with Gasteiger partial charge in [0.1, 0.15) is 0 Å². The van der Waals surface area contributed by atoms with Crippen molar-refractivity contribution < 1.29 is 14.8 Å². The third-order valence-corrected chi connectivity index (χ3v) is 2.29. The number of hydrazine groups is 1. The van der Waals surface area contributed by atoms with Crippen molar-refractivity contribution in [2.24, 2.45) is 0 Å². The highest BCUT2D eigenvalue weighted by atomic mass is 32.1. The molecule has 1 amide bonds. The minimum absolute atomic E-state index is 0.292. The van der Waals surface area contributed by atoms with Crippen molar-refractivity contribution in [1.29, 1.82) is 0 Å². The molecular weight excluding hydrogens is 241 g/mol. The van der Waals surface area contributed by atoms with Crippen LogP contribution in [-0.2, 0) is 0 Å². The van der Waals surface area contributed by atoms with Gasteiger partial charge in [-0.05, 0) is 29.8 Å². The summed E-state index contributed by atoms with van der Waals surface area (Å²) in [5.74, 6) is -0.374. The molecule has 0 atom stereocenters. The van der Waals surface area contributed by atoms with Crippen LogP contribution in [0.2, 0.25) is 0 Å². The summed E-state index contributed by atoms with van der Waals surface area (Å²) < 4.78 is 0. The fraction of sp³-hybridized carbons (Fsp3) is 0.111. The fourth-order valence-electron chi connectivity index (χ4n) is 1.05. The molecule has 6 nitrogen and oxygen atoms in total. The van der Waals surface area contributed by atoms with Crippen LogP contribution in [0.1, 0.15) is 10.4 Å². The van der Waals surface area contributed by atoms with Gasteiger partial charge >= 0.3 is 7.12 Å². The number of carbonyl (C=O) groups excluding carboxylic acids is 1. The number of benzene rings is 1. The molecule has 0 aromatic heterocycles. The van der Waals surface area contributed by atoms with Gasteiger partial charge in [-0.2, -0.15) is 0 Å². The largest absolute Gasteiger partial charge is 0.488 e. The summed E-state index contributed by atoms with van der Waals surface area (Å²) >= 11 is 4.78. The second-order valence-corrected chi connectivity index (χ2v) is 3.56. The van der Waals surface area contributed by atoms with E-state index in [0.29, 0.717) is 16.1 Å². The Kier molecular flexibility index (Phi) is 4.89. The summed E-state index contributed by atoms with van der Waals surface area (Å²) in [6.45, 7) is 0. The minimum atomic E-state index is -1.54. The predicted molar refractivity (Wildman–Crippen MR) is 68.5 cm³/mol. The molecular formula is C9H12BN3O3S. The maximum Gasteiger partial charge on any atom is 0.488 e. The highest BCUT2D eigenvalue weighted by molar-refractivity contribution is 7.80. The van der Waals surface area contributed by atoms with Gasteiger partial charge in [-0.1, -0.05) is 12.1 Å². The molecule has 5 N–H and O–H groups in total. The Bertz CT molecular complexity index is 410. The van der Waals surface area contributed by atoms with E-state index < -0.39 is 7.12 Å².